The molecular weight excluding hydrogens is 324 g/mol. The molecule has 3 heterocycles. The van der Waals surface area contributed by atoms with E-state index in [1.165, 1.54) is 0 Å². The van der Waals surface area contributed by atoms with Gasteiger partial charge in [0.15, 0.2) is 5.82 Å². The lowest BCUT2D eigenvalue weighted by Gasteiger charge is -2.32. The molecule has 6 heteroatoms. The van der Waals surface area contributed by atoms with E-state index in [2.05, 4.69) is 38.1 Å². The summed E-state index contributed by atoms with van der Waals surface area (Å²) in [6.07, 6.45) is 3.16. The Morgan fingerprint density at radius 2 is 2.00 bits per heavy atom. The van der Waals surface area contributed by atoms with Crippen molar-refractivity contribution in [2.24, 2.45) is 0 Å². The molecule has 0 amide bonds. The fourth-order valence-electron chi connectivity index (χ4n) is 3.54. The van der Waals surface area contributed by atoms with Crippen LogP contribution in [0.3, 0.4) is 0 Å². The first-order valence-corrected chi connectivity index (χ1v) is 9.30. The van der Waals surface area contributed by atoms with Gasteiger partial charge in [0, 0.05) is 36.3 Å². The maximum Gasteiger partial charge on any atom is 0.181 e. The van der Waals surface area contributed by atoms with Gasteiger partial charge in [-0.05, 0) is 26.2 Å². The Morgan fingerprint density at radius 1 is 1.15 bits per heavy atom. The van der Waals surface area contributed by atoms with Crippen molar-refractivity contribution in [2.45, 2.75) is 39.0 Å². The number of nitrogens with zero attached hydrogens (tertiary/aromatic N) is 5. The molecule has 0 bridgehead atoms. The SMILES string of the molecule is CCc1cc(N2CCCC(c3nc(-c4ccccc4)n[nH]3)C2)nc(C)n1. The second-order valence-electron chi connectivity index (χ2n) is 6.81. The van der Waals surface area contributed by atoms with Crippen LogP contribution in [0, 0.1) is 6.92 Å². The third-order valence-corrected chi connectivity index (χ3v) is 4.91. The highest BCUT2D eigenvalue weighted by Crippen LogP contribution is 2.28. The van der Waals surface area contributed by atoms with E-state index in [-0.39, 0.29) is 0 Å². The minimum absolute atomic E-state index is 0.342. The van der Waals surface area contributed by atoms with Crippen LogP contribution in [0.2, 0.25) is 0 Å². The van der Waals surface area contributed by atoms with Crippen LogP contribution in [0.5, 0.6) is 0 Å². The molecule has 6 nitrogen and oxygen atoms in total. The van der Waals surface area contributed by atoms with Crippen molar-refractivity contribution in [3.05, 3.63) is 53.7 Å². The second-order valence-corrected chi connectivity index (χ2v) is 6.81. The van der Waals surface area contributed by atoms with Crippen molar-refractivity contribution in [2.75, 3.05) is 18.0 Å². The molecule has 26 heavy (non-hydrogen) atoms. The van der Waals surface area contributed by atoms with Gasteiger partial charge in [-0.3, -0.25) is 5.10 Å². The number of rotatable bonds is 4. The lowest BCUT2D eigenvalue weighted by atomic mass is 9.97. The van der Waals surface area contributed by atoms with Crippen LogP contribution < -0.4 is 4.90 Å². The van der Waals surface area contributed by atoms with Gasteiger partial charge in [0.1, 0.15) is 17.5 Å². The summed E-state index contributed by atoms with van der Waals surface area (Å²) in [6.45, 7) is 6.02. The molecule has 1 unspecified atom stereocenters. The molecular formula is C20H24N6. The van der Waals surface area contributed by atoms with Gasteiger partial charge >= 0.3 is 0 Å². The molecule has 1 saturated heterocycles. The first-order chi connectivity index (χ1) is 12.7. The summed E-state index contributed by atoms with van der Waals surface area (Å²) in [5.74, 6) is 3.95. The van der Waals surface area contributed by atoms with Crippen LogP contribution in [0.15, 0.2) is 36.4 Å². The maximum atomic E-state index is 4.76. The van der Waals surface area contributed by atoms with Crippen molar-refractivity contribution in [1.82, 2.24) is 25.1 Å². The summed E-state index contributed by atoms with van der Waals surface area (Å²) < 4.78 is 0. The Morgan fingerprint density at radius 3 is 2.81 bits per heavy atom. The van der Waals surface area contributed by atoms with E-state index < -0.39 is 0 Å². The molecule has 0 spiro atoms. The molecule has 2 aromatic heterocycles. The fraction of sp³-hybridized carbons (Fsp3) is 0.400. The first-order valence-electron chi connectivity index (χ1n) is 9.30. The zero-order chi connectivity index (χ0) is 17.9. The minimum atomic E-state index is 0.342. The Bertz CT molecular complexity index is 873. The fourth-order valence-corrected chi connectivity index (χ4v) is 3.54. The van der Waals surface area contributed by atoms with Crippen LogP contribution in [0.1, 0.15) is 43.0 Å². The van der Waals surface area contributed by atoms with E-state index in [1.54, 1.807) is 0 Å². The third-order valence-electron chi connectivity index (χ3n) is 4.91. The molecule has 3 aromatic rings. The lowest BCUT2D eigenvalue weighted by molar-refractivity contribution is 0.489. The topological polar surface area (TPSA) is 70.6 Å². The van der Waals surface area contributed by atoms with Gasteiger partial charge in [0.2, 0.25) is 0 Å². The van der Waals surface area contributed by atoms with Gasteiger partial charge in [0.25, 0.3) is 0 Å². The second kappa shape index (κ2) is 7.23. The summed E-state index contributed by atoms with van der Waals surface area (Å²) in [5, 5.41) is 7.58. The highest BCUT2D eigenvalue weighted by atomic mass is 15.2. The molecule has 0 aliphatic carbocycles. The molecule has 1 fully saturated rings. The quantitative estimate of drug-likeness (QED) is 0.781. The number of H-pyrrole nitrogens is 1. The van der Waals surface area contributed by atoms with Gasteiger partial charge < -0.3 is 4.90 Å². The van der Waals surface area contributed by atoms with E-state index in [9.17, 15) is 0 Å². The zero-order valence-electron chi connectivity index (χ0n) is 15.3. The Kier molecular flexibility index (Phi) is 4.65. The average molecular weight is 348 g/mol. The molecule has 0 radical (unpaired) electrons. The normalized spacial score (nSPS) is 17.5. The van der Waals surface area contributed by atoms with E-state index in [0.29, 0.717) is 5.92 Å². The van der Waals surface area contributed by atoms with Gasteiger partial charge in [0.05, 0.1) is 0 Å². The predicted molar refractivity (Wildman–Crippen MR) is 102 cm³/mol. The highest BCUT2D eigenvalue weighted by Gasteiger charge is 2.25. The number of hydrogen-bond acceptors (Lipinski definition) is 5. The monoisotopic (exact) mass is 348 g/mol. The van der Waals surface area contributed by atoms with E-state index in [4.69, 9.17) is 4.98 Å². The Hall–Kier alpha value is -2.76. The number of hydrogen-bond donors (Lipinski definition) is 1. The third kappa shape index (κ3) is 3.45. The van der Waals surface area contributed by atoms with Crippen LogP contribution in [0.25, 0.3) is 11.4 Å². The van der Waals surface area contributed by atoms with E-state index in [0.717, 1.165) is 66.9 Å². The van der Waals surface area contributed by atoms with Gasteiger partial charge in [-0.2, -0.15) is 5.10 Å². The summed E-state index contributed by atoms with van der Waals surface area (Å²) in [4.78, 5) is 16.3. The molecule has 1 aliphatic rings. The molecule has 1 aliphatic heterocycles. The standard InChI is InChI=1S/C20H24N6/c1-3-17-12-18(22-14(2)21-17)26-11-7-10-16(13-26)20-23-19(24-25-20)15-8-5-4-6-9-15/h4-6,8-9,12,16H,3,7,10-11,13H2,1-2H3,(H,23,24,25). The first kappa shape index (κ1) is 16.7. The number of aryl methyl sites for hydroxylation is 2. The molecule has 1 aromatic carbocycles. The van der Waals surface area contributed by atoms with Crippen molar-refractivity contribution in [3.63, 3.8) is 0 Å². The number of benzene rings is 1. The molecule has 1 N–H and O–H groups in total. The van der Waals surface area contributed by atoms with E-state index in [1.807, 2.05) is 37.3 Å². The highest BCUT2D eigenvalue weighted by molar-refractivity contribution is 5.54. The van der Waals surface area contributed by atoms with Gasteiger partial charge in [-0.25, -0.2) is 15.0 Å². The molecule has 0 saturated carbocycles. The Balaban J connectivity index is 1.54. The number of aromatic nitrogens is 5. The van der Waals surface area contributed by atoms with Gasteiger partial charge in [-0.1, -0.05) is 37.3 Å². The van der Waals surface area contributed by atoms with Crippen LogP contribution in [0.4, 0.5) is 5.82 Å². The molecule has 1 atom stereocenters. The smallest absolute Gasteiger partial charge is 0.181 e. The van der Waals surface area contributed by atoms with Crippen molar-refractivity contribution >= 4 is 5.82 Å². The van der Waals surface area contributed by atoms with Crippen molar-refractivity contribution < 1.29 is 0 Å². The maximum absolute atomic E-state index is 4.76. The Labute approximate surface area is 153 Å². The lowest BCUT2D eigenvalue weighted by Crippen LogP contribution is -2.35. The van der Waals surface area contributed by atoms with Crippen molar-refractivity contribution in [1.29, 1.82) is 0 Å². The molecule has 134 valence electrons. The number of anilines is 1. The summed E-state index contributed by atoms with van der Waals surface area (Å²) >= 11 is 0. The van der Waals surface area contributed by atoms with Crippen molar-refractivity contribution in [3.8, 4) is 11.4 Å². The van der Waals surface area contributed by atoms with Crippen LogP contribution >= 0.6 is 0 Å². The number of nitrogens with one attached hydrogen (secondary N) is 1. The molecule has 4 rings (SSSR count). The van der Waals surface area contributed by atoms with Crippen LogP contribution in [-0.2, 0) is 6.42 Å². The number of piperidine rings is 1. The van der Waals surface area contributed by atoms with Crippen LogP contribution in [-0.4, -0.2) is 38.2 Å². The minimum Gasteiger partial charge on any atom is -0.356 e. The zero-order valence-corrected chi connectivity index (χ0v) is 15.3. The van der Waals surface area contributed by atoms with Gasteiger partial charge in [-0.15, -0.1) is 0 Å². The predicted octanol–water partition coefficient (Wildman–Crippen LogP) is 3.52. The summed E-state index contributed by atoms with van der Waals surface area (Å²) in [7, 11) is 0. The summed E-state index contributed by atoms with van der Waals surface area (Å²) in [5.41, 5.74) is 2.14. The largest absolute Gasteiger partial charge is 0.356 e. The van der Waals surface area contributed by atoms with E-state index >= 15 is 0 Å². The number of aromatic amines is 1. The summed E-state index contributed by atoms with van der Waals surface area (Å²) in [6, 6.07) is 12.2. The average Bonchev–Trinajstić information content (AvgIpc) is 3.18.